The van der Waals surface area contributed by atoms with Crippen molar-refractivity contribution in [3.05, 3.63) is 10.4 Å². The minimum Gasteiger partial charge on any atom is -0.413 e. The van der Waals surface area contributed by atoms with Crippen LogP contribution in [0.3, 0.4) is 0 Å². The topological polar surface area (TPSA) is 67.2 Å². The monoisotopic (exact) mass is 224 g/mol. The summed E-state index contributed by atoms with van der Waals surface area (Å²) in [5, 5.41) is 3.69. The van der Waals surface area contributed by atoms with Gasteiger partial charge in [0.15, 0.2) is 0 Å². The summed E-state index contributed by atoms with van der Waals surface area (Å²) in [4.78, 5) is 2.82. The molecule has 6 heteroatoms. The van der Waals surface area contributed by atoms with Crippen molar-refractivity contribution in [3.8, 4) is 0 Å². The molecule has 0 aromatic carbocycles. The number of hydrogen-bond donors (Lipinski definition) is 0. The second-order valence-electron chi connectivity index (χ2n) is 4.08. The smallest absolute Gasteiger partial charge is 0.413 e. The van der Waals surface area contributed by atoms with Crippen molar-refractivity contribution >= 4 is 7.69 Å². The van der Waals surface area contributed by atoms with Gasteiger partial charge in [0, 0.05) is 11.5 Å². The average molecular weight is 224 g/mol. The van der Waals surface area contributed by atoms with Crippen LogP contribution >= 0.6 is 0 Å². The Morgan fingerprint density at radius 1 is 1.38 bits per heavy atom. The molecule has 0 spiro atoms. The van der Waals surface area contributed by atoms with Crippen LogP contribution in [0, 0.1) is 0 Å². The van der Waals surface area contributed by atoms with Gasteiger partial charge in [-0.25, -0.2) is 0 Å². The summed E-state index contributed by atoms with van der Waals surface area (Å²) in [5.41, 5.74) is 8.41. The van der Waals surface area contributed by atoms with Gasteiger partial charge in [-0.05, 0) is 12.0 Å². The lowest BCUT2D eigenvalue weighted by atomic mass is 10.0. The molecule has 0 aliphatic carbocycles. The maximum absolute atomic E-state index is 8.41. The summed E-state index contributed by atoms with van der Waals surface area (Å²) in [6, 6.07) is -0.179. The third kappa shape index (κ3) is 4.88. The Kier molecular flexibility index (Phi) is 7.05. The molecule has 1 aliphatic heterocycles. The molecule has 1 heterocycles. The van der Waals surface area contributed by atoms with Crippen LogP contribution < -0.4 is 0 Å². The Morgan fingerprint density at radius 2 is 2.19 bits per heavy atom. The summed E-state index contributed by atoms with van der Waals surface area (Å²) < 4.78 is 10.3. The first-order valence-corrected chi connectivity index (χ1v) is 6.01. The van der Waals surface area contributed by atoms with Gasteiger partial charge in [0.1, 0.15) is 0 Å². The van der Waals surface area contributed by atoms with Gasteiger partial charge < -0.3 is 9.31 Å². The Hall–Kier alpha value is -0.705. The van der Waals surface area contributed by atoms with Gasteiger partial charge >= 0.3 is 7.69 Å². The SMILES string of the molecule is CCCCCCC[C@H]1O[B]OC[C@@H]1N=[N+]=[N-]. The minimum absolute atomic E-state index is 0.00808. The van der Waals surface area contributed by atoms with E-state index in [9.17, 15) is 0 Å². The fraction of sp³-hybridized carbons (Fsp3) is 1.00. The van der Waals surface area contributed by atoms with Crippen LogP contribution in [0.2, 0.25) is 0 Å². The Balaban J connectivity index is 2.19. The Labute approximate surface area is 97.4 Å². The summed E-state index contributed by atoms with van der Waals surface area (Å²) >= 11 is 0. The number of unbranched alkanes of at least 4 members (excludes halogenated alkanes) is 4. The lowest BCUT2D eigenvalue weighted by Gasteiger charge is -2.28. The van der Waals surface area contributed by atoms with E-state index >= 15 is 0 Å². The zero-order valence-corrected chi connectivity index (χ0v) is 9.84. The van der Waals surface area contributed by atoms with Crippen molar-refractivity contribution in [2.75, 3.05) is 6.61 Å². The maximum Gasteiger partial charge on any atom is 0.488 e. The molecule has 16 heavy (non-hydrogen) atoms. The lowest BCUT2D eigenvalue weighted by molar-refractivity contribution is 0.0576. The standard InChI is InChI=1S/C10H19BN3O2/c1-2-3-4-5-6-7-10-9(13-14-12)8-15-11-16-10/h9-10H,2-8H2,1H3/t9-,10+/m0/s1. The molecule has 5 nitrogen and oxygen atoms in total. The van der Waals surface area contributed by atoms with Crippen molar-refractivity contribution < 1.29 is 9.31 Å². The first-order chi connectivity index (χ1) is 7.88. The van der Waals surface area contributed by atoms with Gasteiger partial charge in [0.25, 0.3) is 0 Å². The molecule has 0 unspecified atom stereocenters. The Morgan fingerprint density at radius 3 is 2.94 bits per heavy atom. The molecule has 0 aromatic heterocycles. The number of nitrogens with zero attached hydrogens (tertiary/aromatic N) is 3. The van der Waals surface area contributed by atoms with E-state index in [-0.39, 0.29) is 12.1 Å². The van der Waals surface area contributed by atoms with Crippen LogP contribution in [0.1, 0.15) is 45.4 Å². The van der Waals surface area contributed by atoms with Gasteiger partial charge in [0.05, 0.1) is 12.1 Å². The van der Waals surface area contributed by atoms with E-state index in [1.165, 1.54) is 33.4 Å². The molecule has 0 aromatic rings. The van der Waals surface area contributed by atoms with E-state index in [2.05, 4.69) is 16.9 Å². The zero-order valence-electron chi connectivity index (χ0n) is 9.84. The molecule has 2 atom stereocenters. The molecule has 1 radical (unpaired) electrons. The molecule has 89 valence electrons. The summed E-state index contributed by atoms with van der Waals surface area (Å²) in [6.07, 6.45) is 7.09. The second kappa shape index (κ2) is 8.45. The van der Waals surface area contributed by atoms with E-state index in [1.54, 1.807) is 0 Å². The predicted octanol–water partition coefficient (Wildman–Crippen LogP) is 2.98. The van der Waals surface area contributed by atoms with Gasteiger partial charge in [-0.15, -0.1) is 0 Å². The lowest BCUT2D eigenvalue weighted by Crippen LogP contribution is -2.38. The van der Waals surface area contributed by atoms with Crippen LogP contribution in [-0.2, 0) is 9.31 Å². The fourth-order valence-electron chi connectivity index (χ4n) is 1.83. The molecule has 0 N–H and O–H groups in total. The quantitative estimate of drug-likeness (QED) is 0.219. The van der Waals surface area contributed by atoms with E-state index in [0.717, 1.165) is 12.8 Å². The van der Waals surface area contributed by atoms with Crippen molar-refractivity contribution in [3.63, 3.8) is 0 Å². The molecule has 1 fully saturated rings. The van der Waals surface area contributed by atoms with E-state index in [4.69, 9.17) is 14.8 Å². The third-order valence-electron chi connectivity index (χ3n) is 2.79. The van der Waals surface area contributed by atoms with E-state index in [0.29, 0.717) is 6.61 Å². The van der Waals surface area contributed by atoms with Crippen LogP contribution in [0.5, 0.6) is 0 Å². The first-order valence-electron chi connectivity index (χ1n) is 6.01. The average Bonchev–Trinajstić information content (AvgIpc) is 2.31. The summed E-state index contributed by atoms with van der Waals surface area (Å²) in [7, 11) is 1.36. The fourth-order valence-corrected chi connectivity index (χ4v) is 1.83. The highest BCUT2D eigenvalue weighted by Crippen LogP contribution is 2.17. The van der Waals surface area contributed by atoms with Crippen molar-refractivity contribution in [2.24, 2.45) is 5.11 Å². The van der Waals surface area contributed by atoms with Crippen LogP contribution in [-0.4, -0.2) is 26.4 Å². The predicted molar refractivity (Wildman–Crippen MR) is 62.9 cm³/mol. The van der Waals surface area contributed by atoms with Crippen LogP contribution in [0.15, 0.2) is 5.11 Å². The van der Waals surface area contributed by atoms with Gasteiger partial charge in [-0.2, -0.15) is 0 Å². The highest BCUT2D eigenvalue weighted by atomic mass is 16.6. The van der Waals surface area contributed by atoms with Crippen LogP contribution in [0.4, 0.5) is 0 Å². The van der Waals surface area contributed by atoms with E-state index < -0.39 is 0 Å². The van der Waals surface area contributed by atoms with Crippen molar-refractivity contribution in [2.45, 2.75) is 57.6 Å². The molecular weight excluding hydrogens is 205 g/mol. The highest BCUT2D eigenvalue weighted by Gasteiger charge is 2.25. The molecule has 1 rings (SSSR count). The zero-order chi connectivity index (χ0) is 11.6. The minimum atomic E-state index is -0.179. The first kappa shape index (κ1) is 13.4. The van der Waals surface area contributed by atoms with Crippen molar-refractivity contribution in [1.29, 1.82) is 0 Å². The molecule has 1 saturated heterocycles. The van der Waals surface area contributed by atoms with E-state index in [1.807, 2.05) is 0 Å². The van der Waals surface area contributed by atoms with Gasteiger partial charge in [0.2, 0.25) is 0 Å². The molecular formula is C10H19BN3O2. The van der Waals surface area contributed by atoms with Gasteiger partial charge in [-0.3, -0.25) is 0 Å². The summed E-state index contributed by atoms with van der Waals surface area (Å²) in [5.74, 6) is 0. The third-order valence-corrected chi connectivity index (χ3v) is 2.79. The maximum atomic E-state index is 8.41. The Bertz CT molecular complexity index is 234. The molecule has 1 aliphatic rings. The normalized spacial score (nSPS) is 24.6. The number of hydrogen-bond acceptors (Lipinski definition) is 3. The highest BCUT2D eigenvalue weighted by molar-refractivity contribution is 6.18. The largest absolute Gasteiger partial charge is 0.488 e. The summed E-state index contributed by atoms with van der Waals surface area (Å²) in [6.45, 7) is 2.64. The molecule has 0 saturated carbocycles. The number of azide groups is 1. The van der Waals surface area contributed by atoms with Crippen molar-refractivity contribution in [1.82, 2.24) is 0 Å². The molecule has 0 bridgehead atoms. The number of rotatable bonds is 7. The van der Waals surface area contributed by atoms with Crippen LogP contribution in [0.25, 0.3) is 10.4 Å². The van der Waals surface area contributed by atoms with Gasteiger partial charge in [-0.1, -0.05) is 44.1 Å². The second-order valence-corrected chi connectivity index (χ2v) is 4.08. The molecule has 0 amide bonds.